The number of carbonyl (C=O) groups excluding carboxylic acids is 1. The van der Waals surface area contributed by atoms with Crippen LogP contribution in [0.3, 0.4) is 0 Å². The molecule has 0 saturated carbocycles. The maximum atomic E-state index is 12.2. The topological polar surface area (TPSA) is 101 Å². The zero-order chi connectivity index (χ0) is 18.9. The largest absolute Gasteiger partial charge is 0.369 e. The first-order chi connectivity index (χ1) is 13.1. The van der Waals surface area contributed by atoms with Crippen LogP contribution in [0.5, 0.6) is 0 Å². The van der Waals surface area contributed by atoms with E-state index in [1.165, 1.54) is 0 Å². The molecular weight excluding hydrogens is 340 g/mol. The van der Waals surface area contributed by atoms with Crippen molar-refractivity contribution >= 4 is 22.5 Å². The number of nitrogens with one attached hydrogen (secondary N) is 2. The fraction of sp³-hybridized carbons (Fsp3) is 0.0952. The van der Waals surface area contributed by atoms with Crippen LogP contribution in [0.15, 0.2) is 83.6 Å². The zero-order valence-electron chi connectivity index (χ0n) is 14.5. The lowest BCUT2D eigenvalue weighted by molar-refractivity contribution is -0.121. The summed E-state index contributed by atoms with van der Waals surface area (Å²) in [5, 5.41) is 4.47. The van der Waals surface area contributed by atoms with Crippen LogP contribution in [-0.2, 0) is 10.2 Å². The Hall–Kier alpha value is -3.67. The number of hydrogen-bond acceptors (Lipinski definition) is 4. The second kappa shape index (κ2) is 6.57. The number of anilines is 1. The summed E-state index contributed by atoms with van der Waals surface area (Å²) in [5.41, 5.74) is 6.25. The zero-order valence-corrected chi connectivity index (χ0v) is 14.5. The highest BCUT2D eigenvalue weighted by Gasteiger charge is 2.36. The van der Waals surface area contributed by atoms with Gasteiger partial charge in [-0.3, -0.25) is 9.59 Å². The van der Waals surface area contributed by atoms with Gasteiger partial charge in [0.15, 0.2) is 0 Å². The Balaban J connectivity index is 1.67. The molecule has 0 bridgehead atoms. The third kappa shape index (κ3) is 2.91. The predicted octanol–water partition coefficient (Wildman–Crippen LogP) is 2.60. The third-order valence-corrected chi connectivity index (χ3v) is 4.87. The second-order valence-corrected chi connectivity index (χ2v) is 6.45. The number of hydrogen-bond donors (Lipinski definition) is 3. The molecular formula is C21H18N4O2. The van der Waals surface area contributed by atoms with Crippen molar-refractivity contribution in [1.29, 1.82) is 0 Å². The smallest absolute Gasteiger partial charge is 0.259 e. The first-order valence-electron chi connectivity index (χ1n) is 8.58. The van der Waals surface area contributed by atoms with E-state index in [0.717, 1.165) is 16.6 Å². The molecule has 2 aromatic heterocycles. The molecule has 1 amide bonds. The standard InChI is InChI=1S/C21H18N4O2/c22-20(27)21(15-4-2-1-3-5-15)10-6-16(7-11-21)25-18-17-14(8-12-23-18)9-13-24-19(17)26/h1-10,12-13H,11H2,(H2,22,27)(H,23,25)(H,24,26). The van der Waals surface area contributed by atoms with Gasteiger partial charge in [0.1, 0.15) is 5.82 Å². The van der Waals surface area contributed by atoms with Crippen LogP contribution >= 0.6 is 0 Å². The minimum Gasteiger partial charge on any atom is -0.369 e. The lowest BCUT2D eigenvalue weighted by Gasteiger charge is -2.29. The monoisotopic (exact) mass is 358 g/mol. The highest BCUT2D eigenvalue weighted by Crippen LogP contribution is 2.34. The molecule has 27 heavy (non-hydrogen) atoms. The minimum absolute atomic E-state index is 0.209. The Morgan fingerprint density at radius 3 is 2.70 bits per heavy atom. The van der Waals surface area contributed by atoms with Gasteiger partial charge in [-0.05, 0) is 35.6 Å². The first kappa shape index (κ1) is 16.8. The van der Waals surface area contributed by atoms with E-state index in [2.05, 4.69) is 15.3 Å². The van der Waals surface area contributed by atoms with Crippen LogP contribution in [0.2, 0.25) is 0 Å². The van der Waals surface area contributed by atoms with E-state index in [9.17, 15) is 9.59 Å². The van der Waals surface area contributed by atoms with Gasteiger partial charge in [0, 0.05) is 18.1 Å². The molecule has 0 saturated heterocycles. The van der Waals surface area contributed by atoms with Crippen LogP contribution < -0.4 is 16.6 Å². The lowest BCUT2D eigenvalue weighted by Crippen LogP contribution is -2.40. The summed E-state index contributed by atoms with van der Waals surface area (Å²) in [4.78, 5) is 31.4. The Kier molecular flexibility index (Phi) is 4.08. The molecule has 0 aliphatic heterocycles. The van der Waals surface area contributed by atoms with Gasteiger partial charge >= 0.3 is 0 Å². The molecule has 0 spiro atoms. The molecule has 134 valence electrons. The second-order valence-electron chi connectivity index (χ2n) is 6.45. The first-order valence-corrected chi connectivity index (χ1v) is 8.58. The van der Waals surface area contributed by atoms with Crippen molar-refractivity contribution in [1.82, 2.24) is 9.97 Å². The van der Waals surface area contributed by atoms with E-state index in [1.807, 2.05) is 48.6 Å². The highest BCUT2D eigenvalue weighted by atomic mass is 16.1. The summed E-state index contributed by atoms with van der Waals surface area (Å²) in [6.45, 7) is 0. The summed E-state index contributed by atoms with van der Waals surface area (Å²) in [6, 6.07) is 13.1. The van der Waals surface area contributed by atoms with Crippen molar-refractivity contribution in [3.8, 4) is 0 Å². The van der Waals surface area contributed by atoms with Crippen molar-refractivity contribution in [2.45, 2.75) is 11.8 Å². The van der Waals surface area contributed by atoms with E-state index in [-0.39, 0.29) is 5.56 Å². The van der Waals surface area contributed by atoms with Gasteiger partial charge in [-0.1, -0.05) is 42.5 Å². The number of fused-ring (bicyclic) bond motifs is 1. The Morgan fingerprint density at radius 2 is 2.00 bits per heavy atom. The normalized spacial score (nSPS) is 18.9. The Bertz CT molecular complexity index is 1130. The molecule has 4 N–H and O–H groups in total. The van der Waals surface area contributed by atoms with Crippen LogP contribution in [0, 0.1) is 0 Å². The van der Waals surface area contributed by atoms with Crippen LogP contribution in [-0.4, -0.2) is 15.9 Å². The minimum atomic E-state index is -0.879. The van der Waals surface area contributed by atoms with Gasteiger partial charge in [0.25, 0.3) is 5.56 Å². The van der Waals surface area contributed by atoms with E-state index < -0.39 is 11.3 Å². The molecule has 0 fully saturated rings. The SMILES string of the molecule is NC(=O)C1(c2ccccc2)C=CC(Nc2nccc3cc[nH]c(=O)c23)=CC1. The number of nitrogens with zero attached hydrogens (tertiary/aromatic N) is 1. The molecule has 3 aromatic rings. The number of H-pyrrole nitrogens is 1. The van der Waals surface area contributed by atoms with Crippen molar-refractivity contribution in [3.05, 3.63) is 94.7 Å². The average Bonchev–Trinajstić information content (AvgIpc) is 2.69. The molecule has 1 aliphatic carbocycles. The number of pyridine rings is 2. The fourth-order valence-corrected chi connectivity index (χ4v) is 3.37. The number of primary amides is 1. The summed E-state index contributed by atoms with van der Waals surface area (Å²) in [5.74, 6) is 0.0662. The van der Waals surface area contributed by atoms with E-state index in [1.54, 1.807) is 24.5 Å². The predicted molar refractivity (Wildman–Crippen MR) is 105 cm³/mol. The van der Waals surface area contributed by atoms with Crippen molar-refractivity contribution in [3.63, 3.8) is 0 Å². The molecule has 0 radical (unpaired) electrons. The maximum Gasteiger partial charge on any atom is 0.259 e. The Labute approximate surface area is 155 Å². The molecule has 6 nitrogen and oxygen atoms in total. The third-order valence-electron chi connectivity index (χ3n) is 4.87. The van der Waals surface area contributed by atoms with Gasteiger partial charge in [-0.15, -0.1) is 0 Å². The van der Waals surface area contributed by atoms with E-state index in [0.29, 0.717) is 17.6 Å². The van der Waals surface area contributed by atoms with Crippen molar-refractivity contribution in [2.75, 3.05) is 5.32 Å². The number of amides is 1. The highest BCUT2D eigenvalue weighted by molar-refractivity contribution is 5.92. The Morgan fingerprint density at radius 1 is 1.19 bits per heavy atom. The number of aromatic amines is 1. The molecule has 1 aromatic carbocycles. The number of carbonyl (C=O) groups is 1. The number of rotatable bonds is 4. The molecule has 6 heteroatoms. The summed E-state index contributed by atoms with van der Waals surface area (Å²) < 4.78 is 0. The molecule has 1 unspecified atom stereocenters. The van der Waals surface area contributed by atoms with Crippen LogP contribution in [0.1, 0.15) is 12.0 Å². The van der Waals surface area contributed by atoms with Gasteiger partial charge in [0.2, 0.25) is 5.91 Å². The van der Waals surface area contributed by atoms with Gasteiger partial charge in [-0.2, -0.15) is 0 Å². The van der Waals surface area contributed by atoms with Crippen LogP contribution in [0.25, 0.3) is 10.8 Å². The van der Waals surface area contributed by atoms with Crippen LogP contribution in [0.4, 0.5) is 5.82 Å². The van der Waals surface area contributed by atoms with Crippen molar-refractivity contribution in [2.24, 2.45) is 5.73 Å². The number of nitrogens with two attached hydrogens (primary N) is 1. The summed E-state index contributed by atoms with van der Waals surface area (Å²) in [6.07, 6.45) is 9.19. The van der Waals surface area contributed by atoms with Gasteiger partial charge in [-0.25, -0.2) is 4.98 Å². The fourth-order valence-electron chi connectivity index (χ4n) is 3.37. The number of allylic oxidation sites excluding steroid dienone is 2. The molecule has 1 atom stereocenters. The van der Waals surface area contributed by atoms with E-state index in [4.69, 9.17) is 5.73 Å². The summed E-state index contributed by atoms with van der Waals surface area (Å²) >= 11 is 0. The van der Waals surface area contributed by atoms with E-state index >= 15 is 0 Å². The molecule has 2 heterocycles. The van der Waals surface area contributed by atoms with Gasteiger partial charge < -0.3 is 16.0 Å². The molecule has 1 aliphatic rings. The lowest BCUT2D eigenvalue weighted by atomic mass is 9.74. The quantitative estimate of drug-likeness (QED) is 0.667. The number of aromatic nitrogens is 2. The molecule has 4 rings (SSSR count). The summed E-state index contributed by atoms with van der Waals surface area (Å²) in [7, 11) is 0. The maximum absolute atomic E-state index is 12.2. The van der Waals surface area contributed by atoms with Gasteiger partial charge in [0.05, 0.1) is 10.8 Å². The average molecular weight is 358 g/mol. The number of benzene rings is 1. The van der Waals surface area contributed by atoms with Crippen molar-refractivity contribution < 1.29 is 4.79 Å².